The van der Waals surface area contributed by atoms with Crippen molar-refractivity contribution >= 4 is 12.0 Å². The molecule has 0 radical (unpaired) electrons. The van der Waals surface area contributed by atoms with Crippen molar-refractivity contribution in [3.05, 3.63) is 23.5 Å². The molecular formula is C10H11NO2. The van der Waals surface area contributed by atoms with Gasteiger partial charge in [-0.15, -0.1) is 0 Å². The second-order valence-electron chi connectivity index (χ2n) is 3.14. The summed E-state index contributed by atoms with van der Waals surface area (Å²) in [4.78, 5) is 15.7. The van der Waals surface area contributed by atoms with E-state index in [1.165, 1.54) is 0 Å². The minimum absolute atomic E-state index is 0.00111. The Kier molecular flexibility index (Phi) is 2.00. The lowest BCUT2D eigenvalue weighted by Gasteiger charge is -2.22. The maximum atomic E-state index is 11.4. The number of nitrogens with zero attached hydrogens (tertiary/aromatic N) is 1. The molecule has 1 unspecified atom stereocenters. The van der Waals surface area contributed by atoms with Crippen LogP contribution in [0, 0.1) is 0 Å². The molecule has 0 saturated heterocycles. The fraction of sp³-hybridized carbons (Fsp3) is 0.400. The van der Waals surface area contributed by atoms with Gasteiger partial charge < -0.3 is 4.74 Å². The lowest BCUT2D eigenvalue weighted by Crippen LogP contribution is -2.24. The van der Waals surface area contributed by atoms with Crippen LogP contribution in [0.3, 0.4) is 0 Å². The van der Waals surface area contributed by atoms with Crippen LogP contribution in [-0.2, 0) is 9.53 Å². The number of ketones is 1. The molecule has 1 atom stereocenters. The maximum Gasteiger partial charge on any atom is 0.166 e. The highest BCUT2D eigenvalue weighted by atomic mass is 16.5. The molecule has 0 amide bonds. The molecule has 0 fully saturated rings. The summed E-state index contributed by atoms with van der Waals surface area (Å²) >= 11 is 0. The number of aliphatic imine (C=N–C) groups is 1. The summed E-state index contributed by atoms with van der Waals surface area (Å²) < 4.78 is 5.11. The van der Waals surface area contributed by atoms with Crippen molar-refractivity contribution in [2.75, 3.05) is 7.11 Å². The molecule has 0 bridgehead atoms. The van der Waals surface area contributed by atoms with Crippen LogP contribution < -0.4 is 0 Å². The van der Waals surface area contributed by atoms with Gasteiger partial charge in [-0.25, -0.2) is 0 Å². The fourth-order valence-electron chi connectivity index (χ4n) is 1.61. The van der Waals surface area contributed by atoms with Crippen molar-refractivity contribution < 1.29 is 9.53 Å². The minimum Gasteiger partial charge on any atom is -0.501 e. The summed E-state index contributed by atoms with van der Waals surface area (Å²) in [5.41, 5.74) is 0.823. The molecule has 0 aromatic heterocycles. The third-order valence-electron chi connectivity index (χ3n) is 2.35. The summed E-state index contributed by atoms with van der Waals surface area (Å²) in [5.74, 6) is 1.08. The SMILES string of the molecule is COC1=CC=C2C(=O)CC=NC2C1. The third-order valence-corrected chi connectivity index (χ3v) is 2.35. The van der Waals surface area contributed by atoms with Crippen molar-refractivity contribution in [1.82, 2.24) is 0 Å². The van der Waals surface area contributed by atoms with Gasteiger partial charge in [0.15, 0.2) is 5.78 Å². The molecule has 0 saturated carbocycles. The van der Waals surface area contributed by atoms with Crippen molar-refractivity contribution in [2.45, 2.75) is 18.9 Å². The Morgan fingerprint density at radius 2 is 2.38 bits per heavy atom. The molecule has 13 heavy (non-hydrogen) atoms. The average Bonchev–Trinajstić information content (AvgIpc) is 2.18. The number of carbonyl (C=O) groups excluding carboxylic acids is 1. The molecule has 0 aromatic rings. The molecule has 0 N–H and O–H groups in total. The Hall–Kier alpha value is -1.38. The highest BCUT2D eigenvalue weighted by Crippen LogP contribution is 2.25. The number of carbonyl (C=O) groups is 1. The minimum atomic E-state index is 0.00111. The van der Waals surface area contributed by atoms with E-state index < -0.39 is 0 Å². The predicted molar refractivity (Wildman–Crippen MR) is 49.7 cm³/mol. The number of allylic oxidation sites excluding steroid dienone is 2. The van der Waals surface area contributed by atoms with E-state index in [1.54, 1.807) is 13.3 Å². The van der Waals surface area contributed by atoms with Crippen LogP contribution in [0.2, 0.25) is 0 Å². The number of hydrogen-bond donors (Lipinski definition) is 0. The summed E-state index contributed by atoms with van der Waals surface area (Å²) in [6.07, 6.45) is 6.53. The number of methoxy groups -OCH3 is 1. The summed E-state index contributed by atoms with van der Waals surface area (Å²) in [5, 5.41) is 0. The van der Waals surface area contributed by atoms with Crippen molar-refractivity contribution in [3.8, 4) is 0 Å². The highest BCUT2D eigenvalue weighted by molar-refractivity contribution is 6.06. The van der Waals surface area contributed by atoms with Crippen LogP contribution in [0.1, 0.15) is 12.8 Å². The van der Waals surface area contributed by atoms with E-state index in [0.717, 1.165) is 11.3 Å². The third kappa shape index (κ3) is 1.41. The van der Waals surface area contributed by atoms with Crippen LogP contribution in [0.5, 0.6) is 0 Å². The Labute approximate surface area is 76.8 Å². The molecule has 1 aliphatic carbocycles. The summed E-state index contributed by atoms with van der Waals surface area (Å²) in [6.45, 7) is 0. The van der Waals surface area contributed by atoms with Crippen molar-refractivity contribution in [2.24, 2.45) is 4.99 Å². The van der Waals surface area contributed by atoms with Gasteiger partial charge in [0.05, 0.1) is 18.9 Å². The van der Waals surface area contributed by atoms with Gasteiger partial charge in [0.1, 0.15) is 0 Å². The van der Waals surface area contributed by atoms with E-state index in [4.69, 9.17) is 4.74 Å². The van der Waals surface area contributed by atoms with Gasteiger partial charge in [-0.3, -0.25) is 9.79 Å². The Balaban J connectivity index is 2.30. The largest absolute Gasteiger partial charge is 0.501 e. The standard InChI is InChI=1S/C10H11NO2/c1-13-7-2-3-8-9(6-7)11-5-4-10(8)12/h2-3,5,9H,4,6H2,1H3. The van der Waals surface area contributed by atoms with Gasteiger partial charge in [-0.1, -0.05) is 0 Å². The van der Waals surface area contributed by atoms with E-state index in [1.807, 2.05) is 12.2 Å². The van der Waals surface area contributed by atoms with Crippen LogP contribution in [0.25, 0.3) is 0 Å². The molecule has 0 aromatic carbocycles. The first-order valence-corrected chi connectivity index (χ1v) is 4.31. The van der Waals surface area contributed by atoms with Gasteiger partial charge in [0.2, 0.25) is 0 Å². The number of rotatable bonds is 1. The number of Topliss-reactive ketones (excluding diaryl/α,β-unsaturated/α-hetero) is 1. The van der Waals surface area contributed by atoms with Gasteiger partial charge >= 0.3 is 0 Å². The van der Waals surface area contributed by atoms with E-state index in [9.17, 15) is 4.79 Å². The topological polar surface area (TPSA) is 38.7 Å². The fourth-order valence-corrected chi connectivity index (χ4v) is 1.61. The Morgan fingerprint density at radius 3 is 3.15 bits per heavy atom. The molecule has 2 rings (SSSR count). The lowest BCUT2D eigenvalue weighted by atomic mass is 9.91. The van der Waals surface area contributed by atoms with E-state index in [0.29, 0.717) is 12.8 Å². The van der Waals surface area contributed by atoms with Gasteiger partial charge in [-0.2, -0.15) is 0 Å². The smallest absolute Gasteiger partial charge is 0.166 e. The average molecular weight is 177 g/mol. The highest BCUT2D eigenvalue weighted by Gasteiger charge is 2.26. The van der Waals surface area contributed by atoms with Gasteiger partial charge in [-0.05, 0) is 12.2 Å². The number of fused-ring (bicyclic) bond motifs is 1. The van der Waals surface area contributed by atoms with Crippen molar-refractivity contribution in [1.29, 1.82) is 0 Å². The second kappa shape index (κ2) is 3.17. The zero-order valence-electron chi connectivity index (χ0n) is 7.49. The Bertz CT molecular complexity index is 326. The Morgan fingerprint density at radius 1 is 1.54 bits per heavy atom. The summed E-state index contributed by atoms with van der Waals surface area (Å²) in [6, 6.07) is 0.00111. The summed E-state index contributed by atoms with van der Waals surface area (Å²) in [7, 11) is 1.64. The number of hydrogen-bond acceptors (Lipinski definition) is 3. The van der Waals surface area contributed by atoms with Gasteiger partial charge in [0.25, 0.3) is 0 Å². The number of ether oxygens (including phenoxy) is 1. The first kappa shape index (κ1) is 8.23. The lowest BCUT2D eigenvalue weighted by molar-refractivity contribution is -0.114. The predicted octanol–water partition coefficient (Wildman–Crippen LogP) is 1.26. The van der Waals surface area contributed by atoms with Crippen LogP contribution >= 0.6 is 0 Å². The van der Waals surface area contributed by atoms with Gasteiger partial charge in [0, 0.05) is 24.6 Å². The first-order chi connectivity index (χ1) is 6.31. The molecule has 1 aliphatic heterocycles. The molecular weight excluding hydrogens is 166 g/mol. The van der Waals surface area contributed by atoms with Crippen molar-refractivity contribution in [3.63, 3.8) is 0 Å². The van der Waals surface area contributed by atoms with Crippen LogP contribution in [0.15, 0.2) is 28.5 Å². The monoisotopic (exact) mass is 177 g/mol. The van der Waals surface area contributed by atoms with E-state index in [-0.39, 0.29) is 11.8 Å². The molecule has 1 heterocycles. The molecule has 3 nitrogen and oxygen atoms in total. The normalized spacial score (nSPS) is 26.2. The van der Waals surface area contributed by atoms with E-state index >= 15 is 0 Å². The van der Waals surface area contributed by atoms with E-state index in [2.05, 4.69) is 4.99 Å². The van der Waals surface area contributed by atoms with Crippen LogP contribution in [0.4, 0.5) is 0 Å². The zero-order valence-corrected chi connectivity index (χ0v) is 7.49. The maximum absolute atomic E-state index is 11.4. The first-order valence-electron chi connectivity index (χ1n) is 4.31. The van der Waals surface area contributed by atoms with Crippen LogP contribution in [-0.4, -0.2) is 25.1 Å². The molecule has 68 valence electrons. The second-order valence-corrected chi connectivity index (χ2v) is 3.14. The molecule has 2 aliphatic rings. The zero-order chi connectivity index (χ0) is 9.26. The molecule has 0 spiro atoms. The molecule has 3 heteroatoms. The quantitative estimate of drug-likeness (QED) is 0.604.